The van der Waals surface area contributed by atoms with Crippen molar-refractivity contribution in [2.75, 3.05) is 38.6 Å². The molecule has 22 heavy (non-hydrogen) atoms. The maximum Gasteiger partial charge on any atom is 0.179 e. The molecule has 0 spiro atoms. The fourth-order valence-corrected chi connectivity index (χ4v) is 3.43. The summed E-state index contributed by atoms with van der Waals surface area (Å²) in [4.78, 5) is 2.05. The first-order valence-electron chi connectivity index (χ1n) is 7.48. The van der Waals surface area contributed by atoms with E-state index in [0.29, 0.717) is 24.5 Å². The van der Waals surface area contributed by atoms with Gasteiger partial charge in [-0.1, -0.05) is 32.9 Å². The van der Waals surface area contributed by atoms with Crippen LogP contribution in [0, 0.1) is 0 Å². The molecule has 0 fully saturated rings. The molecule has 0 aliphatic rings. The third-order valence-corrected chi connectivity index (χ3v) is 5.30. The molecule has 0 radical (unpaired) electrons. The summed E-state index contributed by atoms with van der Waals surface area (Å²) in [6.45, 7) is 7.15. The van der Waals surface area contributed by atoms with Crippen molar-refractivity contribution in [3.8, 4) is 0 Å². The smallest absolute Gasteiger partial charge is 0.179 e. The number of sulfone groups is 1. The van der Waals surface area contributed by atoms with Crippen LogP contribution in [0.2, 0.25) is 0 Å². The largest absolute Gasteiger partial charge is 0.395 e. The summed E-state index contributed by atoms with van der Waals surface area (Å²) in [6.07, 6.45) is 0. The van der Waals surface area contributed by atoms with E-state index in [1.54, 1.807) is 17.0 Å². The van der Waals surface area contributed by atoms with Crippen LogP contribution in [0.5, 0.6) is 0 Å². The number of rotatable bonds is 8. The Morgan fingerprint density at radius 2 is 1.45 bits per heavy atom. The molecule has 0 amide bonds. The Morgan fingerprint density at radius 3 is 1.86 bits per heavy atom. The van der Waals surface area contributed by atoms with Crippen molar-refractivity contribution in [3.63, 3.8) is 0 Å². The molecule has 126 valence electrons. The lowest BCUT2D eigenvalue weighted by Gasteiger charge is -2.21. The summed E-state index contributed by atoms with van der Waals surface area (Å²) in [5, 5.41) is 17.9. The molecule has 0 aromatic heterocycles. The second-order valence-corrected chi connectivity index (χ2v) is 8.49. The Hall–Kier alpha value is -0.950. The van der Waals surface area contributed by atoms with Crippen LogP contribution in [-0.2, 0) is 15.3 Å². The van der Waals surface area contributed by atoms with Crippen LogP contribution in [0.25, 0.3) is 0 Å². The third kappa shape index (κ3) is 5.68. The zero-order valence-corrected chi connectivity index (χ0v) is 14.4. The highest BCUT2D eigenvalue weighted by Crippen LogP contribution is 2.23. The first-order chi connectivity index (χ1) is 10.2. The molecule has 0 aliphatic carbocycles. The van der Waals surface area contributed by atoms with Crippen molar-refractivity contribution in [3.05, 3.63) is 29.8 Å². The lowest BCUT2D eigenvalue weighted by atomic mass is 9.87. The fourth-order valence-electron chi connectivity index (χ4n) is 2.15. The van der Waals surface area contributed by atoms with Crippen molar-refractivity contribution in [1.82, 2.24) is 4.90 Å². The van der Waals surface area contributed by atoms with Gasteiger partial charge in [0.2, 0.25) is 0 Å². The van der Waals surface area contributed by atoms with E-state index >= 15 is 0 Å². The number of hydrogen-bond donors (Lipinski definition) is 2. The lowest BCUT2D eigenvalue weighted by molar-refractivity contribution is 0.167. The Bertz CT molecular complexity index is 541. The van der Waals surface area contributed by atoms with Gasteiger partial charge in [-0.05, 0) is 23.1 Å². The van der Waals surface area contributed by atoms with Crippen molar-refractivity contribution < 1.29 is 18.6 Å². The molecule has 0 atom stereocenters. The summed E-state index contributed by atoms with van der Waals surface area (Å²) in [5.41, 5.74) is 1.08. The number of nitrogens with zero attached hydrogens (tertiary/aromatic N) is 1. The van der Waals surface area contributed by atoms with Crippen LogP contribution in [0.4, 0.5) is 0 Å². The van der Waals surface area contributed by atoms with Crippen LogP contribution in [0.3, 0.4) is 0 Å². The SMILES string of the molecule is CC(C)(C)c1ccc(S(=O)(=O)CCN(CCO)CCO)cc1. The highest BCUT2D eigenvalue weighted by Gasteiger charge is 2.18. The predicted molar refractivity (Wildman–Crippen MR) is 87.8 cm³/mol. The standard InChI is InChI=1S/C16H27NO4S/c1-16(2,3)14-4-6-15(7-5-14)22(20,21)13-10-17(8-11-18)9-12-19/h4-7,18-19H,8-13H2,1-3H3. The van der Waals surface area contributed by atoms with Gasteiger partial charge in [0.1, 0.15) is 0 Å². The van der Waals surface area contributed by atoms with Gasteiger partial charge in [-0.25, -0.2) is 8.42 Å². The molecular weight excluding hydrogens is 302 g/mol. The zero-order valence-electron chi connectivity index (χ0n) is 13.6. The maximum atomic E-state index is 12.4. The topological polar surface area (TPSA) is 77.8 Å². The minimum Gasteiger partial charge on any atom is -0.395 e. The number of aliphatic hydroxyl groups excluding tert-OH is 2. The maximum absolute atomic E-state index is 12.4. The number of hydrogen-bond acceptors (Lipinski definition) is 5. The molecule has 6 heteroatoms. The molecule has 0 saturated heterocycles. The Morgan fingerprint density at radius 1 is 0.955 bits per heavy atom. The minimum absolute atomic E-state index is 0.0126. The zero-order chi connectivity index (χ0) is 16.8. The summed E-state index contributed by atoms with van der Waals surface area (Å²) in [5.74, 6) is -0.0259. The molecule has 1 rings (SSSR count). The van der Waals surface area contributed by atoms with Gasteiger partial charge in [0.05, 0.1) is 23.9 Å². The second-order valence-electron chi connectivity index (χ2n) is 6.38. The molecule has 0 unspecified atom stereocenters. The normalized spacial score (nSPS) is 12.8. The van der Waals surface area contributed by atoms with Crippen LogP contribution in [-0.4, -0.2) is 62.1 Å². The number of benzene rings is 1. The summed E-state index contributed by atoms with van der Waals surface area (Å²) in [6, 6.07) is 7.01. The monoisotopic (exact) mass is 329 g/mol. The highest BCUT2D eigenvalue weighted by molar-refractivity contribution is 7.91. The average Bonchev–Trinajstić information content (AvgIpc) is 2.44. The van der Waals surface area contributed by atoms with Crippen LogP contribution >= 0.6 is 0 Å². The van der Waals surface area contributed by atoms with Gasteiger partial charge in [-0.3, -0.25) is 4.90 Å². The van der Waals surface area contributed by atoms with Crippen LogP contribution in [0.15, 0.2) is 29.2 Å². The molecule has 5 nitrogen and oxygen atoms in total. The Balaban J connectivity index is 2.77. The molecule has 1 aromatic carbocycles. The summed E-state index contributed by atoms with van der Waals surface area (Å²) in [7, 11) is -3.36. The van der Waals surface area contributed by atoms with Gasteiger partial charge in [-0.2, -0.15) is 0 Å². The molecule has 0 saturated carbocycles. The first kappa shape index (κ1) is 19.1. The Labute approximate surface area is 133 Å². The Kier molecular flexibility index (Phi) is 6.99. The van der Waals surface area contributed by atoms with Crippen LogP contribution in [0.1, 0.15) is 26.3 Å². The summed E-state index contributed by atoms with van der Waals surface area (Å²) < 4.78 is 24.7. The lowest BCUT2D eigenvalue weighted by Crippen LogP contribution is -2.34. The fraction of sp³-hybridized carbons (Fsp3) is 0.625. The third-order valence-electron chi connectivity index (χ3n) is 3.59. The predicted octanol–water partition coefficient (Wildman–Crippen LogP) is 1.04. The first-order valence-corrected chi connectivity index (χ1v) is 9.13. The van der Waals surface area contributed by atoms with E-state index in [-0.39, 0.29) is 24.4 Å². The van der Waals surface area contributed by atoms with E-state index in [9.17, 15) is 8.42 Å². The number of aliphatic hydroxyl groups is 2. The highest BCUT2D eigenvalue weighted by atomic mass is 32.2. The average molecular weight is 329 g/mol. The van der Waals surface area contributed by atoms with Crippen LogP contribution < -0.4 is 0 Å². The van der Waals surface area contributed by atoms with Crippen molar-refractivity contribution in [1.29, 1.82) is 0 Å². The molecule has 0 aliphatic heterocycles. The van der Waals surface area contributed by atoms with Gasteiger partial charge in [0.15, 0.2) is 9.84 Å². The van der Waals surface area contributed by atoms with Crippen molar-refractivity contribution in [2.24, 2.45) is 0 Å². The molecule has 0 bridgehead atoms. The van der Waals surface area contributed by atoms with Gasteiger partial charge in [0, 0.05) is 19.6 Å². The van der Waals surface area contributed by atoms with E-state index in [2.05, 4.69) is 20.8 Å². The second kappa shape index (κ2) is 8.06. The molecule has 0 heterocycles. The van der Waals surface area contributed by atoms with E-state index in [4.69, 9.17) is 10.2 Å². The van der Waals surface area contributed by atoms with Gasteiger partial charge in [-0.15, -0.1) is 0 Å². The molecular formula is C16H27NO4S. The van der Waals surface area contributed by atoms with Crippen molar-refractivity contribution in [2.45, 2.75) is 31.1 Å². The molecule has 2 N–H and O–H groups in total. The summed E-state index contributed by atoms with van der Waals surface area (Å²) >= 11 is 0. The molecule has 1 aromatic rings. The van der Waals surface area contributed by atoms with E-state index in [1.165, 1.54) is 0 Å². The van der Waals surface area contributed by atoms with E-state index in [1.807, 2.05) is 12.1 Å². The quantitative estimate of drug-likeness (QED) is 0.745. The van der Waals surface area contributed by atoms with Gasteiger partial charge < -0.3 is 10.2 Å². The van der Waals surface area contributed by atoms with E-state index in [0.717, 1.165) is 5.56 Å². The minimum atomic E-state index is -3.36. The van der Waals surface area contributed by atoms with Crippen molar-refractivity contribution >= 4 is 9.84 Å². The van der Waals surface area contributed by atoms with Gasteiger partial charge in [0.25, 0.3) is 0 Å². The van der Waals surface area contributed by atoms with E-state index < -0.39 is 9.84 Å². The van der Waals surface area contributed by atoms with Gasteiger partial charge >= 0.3 is 0 Å².